The fourth-order valence-electron chi connectivity index (χ4n) is 2.85. The highest BCUT2D eigenvalue weighted by Crippen LogP contribution is 2.25. The molecule has 3 heteroatoms. The van der Waals surface area contributed by atoms with Gasteiger partial charge in [-0.3, -0.25) is 0 Å². The summed E-state index contributed by atoms with van der Waals surface area (Å²) in [5, 5.41) is 22.5. The lowest BCUT2D eigenvalue weighted by Crippen LogP contribution is -2.39. The van der Waals surface area contributed by atoms with Crippen LogP contribution in [0.15, 0.2) is 0 Å². The summed E-state index contributed by atoms with van der Waals surface area (Å²) in [4.78, 5) is 0. The third-order valence-electron chi connectivity index (χ3n) is 3.96. The second-order valence-corrected chi connectivity index (χ2v) is 5.19. The summed E-state index contributed by atoms with van der Waals surface area (Å²) >= 11 is 0. The first-order chi connectivity index (χ1) is 7.25. The lowest BCUT2D eigenvalue weighted by molar-refractivity contribution is 0.102. The van der Waals surface area contributed by atoms with Gasteiger partial charge in [-0.25, -0.2) is 0 Å². The quantitative estimate of drug-likeness (QED) is 0.656. The zero-order valence-corrected chi connectivity index (χ0v) is 9.36. The molecule has 2 saturated carbocycles. The molecule has 2 rings (SSSR count). The Labute approximate surface area is 91.9 Å². The third kappa shape index (κ3) is 3.16. The van der Waals surface area contributed by atoms with Crippen molar-refractivity contribution in [1.29, 1.82) is 0 Å². The molecule has 15 heavy (non-hydrogen) atoms. The third-order valence-corrected chi connectivity index (χ3v) is 3.96. The first-order valence-corrected chi connectivity index (χ1v) is 6.35. The molecule has 2 fully saturated rings. The fraction of sp³-hybridized carbons (Fsp3) is 1.00. The Balaban J connectivity index is 1.65. The average Bonchev–Trinajstić information content (AvgIpc) is 2.63. The highest BCUT2D eigenvalue weighted by molar-refractivity contribution is 4.84. The van der Waals surface area contributed by atoms with E-state index in [1.807, 2.05) is 0 Å². The van der Waals surface area contributed by atoms with Crippen molar-refractivity contribution >= 4 is 0 Å². The van der Waals surface area contributed by atoms with Crippen LogP contribution in [0.1, 0.15) is 44.9 Å². The van der Waals surface area contributed by atoms with E-state index in [4.69, 9.17) is 0 Å². The van der Waals surface area contributed by atoms with Gasteiger partial charge in [0, 0.05) is 6.04 Å². The van der Waals surface area contributed by atoms with Crippen molar-refractivity contribution in [3.8, 4) is 0 Å². The van der Waals surface area contributed by atoms with Gasteiger partial charge in [0.2, 0.25) is 0 Å². The monoisotopic (exact) mass is 213 g/mol. The number of nitrogens with one attached hydrogen (secondary N) is 1. The molecule has 0 radical (unpaired) electrons. The molecule has 0 aromatic carbocycles. The minimum absolute atomic E-state index is 0.0571. The van der Waals surface area contributed by atoms with Crippen molar-refractivity contribution in [2.24, 2.45) is 5.92 Å². The SMILES string of the molecule is OC1CCC(CN[C@@H]2CCC[C@H]2O)CC1. The van der Waals surface area contributed by atoms with E-state index in [0.29, 0.717) is 12.0 Å². The Kier molecular flexibility index (Phi) is 4.00. The molecule has 0 unspecified atom stereocenters. The van der Waals surface area contributed by atoms with E-state index >= 15 is 0 Å². The molecule has 3 nitrogen and oxygen atoms in total. The van der Waals surface area contributed by atoms with Crippen LogP contribution in [0.25, 0.3) is 0 Å². The van der Waals surface area contributed by atoms with Crippen LogP contribution in [-0.2, 0) is 0 Å². The summed E-state index contributed by atoms with van der Waals surface area (Å²) < 4.78 is 0. The summed E-state index contributed by atoms with van der Waals surface area (Å²) in [5.41, 5.74) is 0. The molecule has 0 spiro atoms. The molecular formula is C12H23NO2. The molecule has 2 atom stereocenters. The molecular weight excluding hydrogens is 190 g/mol. The van der Waals surface area contributed by atoms with Crippen LogP contribution in [0, 0.1) is 5.92 Å². The van der Waals surface area contributed by atoms with Crippen molar-refractivity contribution < 1.29 is 10.2 Å². The zero-order chi connectivity index (χ0) is 10.7. The van der Waals surface area contributed by atoms with Gasteiger partial charge in [0.25, 0.3) is 0 Å². The molecule has 0 saturated heterocycles. The van der Waals surface area contributed by atoms with E-state index < -0.39 is 0 Å². The maximum absolute atomic E-state index is 9.66. The maximum atomic E-state index is 9.66. The summed E-state index contributed by atoms with van der Waals surface area (Å²) in [6, 6.07) is 0.330. The lowest BCUT2D eigenvalue weighted by atomic mass is 9.87. The Bertz CT molecular complexity index is 190. The maximum Gasteiger partial charge on any atom is 0.0693 e. The summed E-state index contributed by atoms with van der Waals surface area (Å²) in [6.07, 6.45) is 7.24. The molecule has 88 valence electrons. The van der Waals surface area contributed by atoms with Crippen molar-refractivity contribution in [2.45, 2.75) is 63.2 Å². The first kappa shape index (κ1) is 11.4. The summed E-state index contributed by atoms with van der Waals surface area (Å²) in [5.74, 6) is 0.709. The Morgan fingerprint density at radius 2 is 1.67 bits per heavy atom. The van der Waals surface area contributed by atoms with E-state index in [9.17, 15) is 10.2 Å². The molecule has 0 aromatic heterocycles. The van der Waals surface area contributed by atoms with E-state index in [0.717, 1.165) is 51.5 Å². The van der Waals surface area contributed by atoms with Crippen LogP contribution in [0.4, 0.5) is 0 Å². The van der Waals surface area contributed by atoms with Crippen LogP contribution in [-0.4, -0.2) is 35.0 Å². The minimum atomic E-state index is -0.126. The highest BCUT2D eigenvalue weighted by atomic mass is 16.3. The number of hydrogen-bond acceptors (Lipinski definition) is 3. The highest BCUT2D eigenvalue weighted by Gasteiger charge is 2.26. The van der Waals surface area contributed by atoms with Gasteiger partial charge in [-0.1, -0.05) is 0 Å². The fourth-order valence-corrected chi connectivity index (χ4v) is 2.85. The molecule has 0 amide bonds. The van der Waals surface area contributed by atoms with Crippen molar-refractivity contribution in [3.05, 3.63) is 0 Å². The predicted molar refractivity (Wildman–Crippen MR) is 59.6 cm³/mol. The minimum Gasteiger partial charge on any atom is -0.393 e. The average molecular weight is 213 g/mol. The van der Waals surface area contributed by atoms with Crippen LogP contribution < -0.4 is 5.32 Å². The van der Waals surface area contributed by atoms with Crippen LogP contribution in [0.2, 0.25) is 0 Å². The standard InChI is InChI=1S/C12H23NO2/c14-10-6-4-9(5-7-10)8-13-11-2-1-3-12(11)15/h9-15H,1-8H2/t9?,10?,11-,12-/m1/s1. The van der Waals surface area contributed by atoms with E-state index in [2.05, 4.69) is 5.32 Å². The number of aliphatic hydroxyl groups excluding tert-OH is 2. The molecule has 2 aliphatic rings. The Morgan fingerprint density at radius 1 is 0.933 bits per heavy atom. The Morgan fingerprint density at radius 3 is 2.27 bits per heavy atom. The largest absolute Gasteiger partial charge is 0.393 e. The smallest absolute Gasteiger partial charge is 0.0693 e. The van der Waals surface area contributed by atoms with Crippen molar-refractivity contribution in [1.82, 2.24) is 5.32 Å². The first-order valence-electron chi connectivity index (χ1n) is 6.35. The molecule has 0 aromatic rings. The van der Waals surface area contributed by atoms with Gasteiger partial charge in [0.05, 0.1) is 12.2 Å². The van der Waals surface area contributed by atoms with E-state index in [1.165, 1.54) is 0 Å². The Hall–Kier alpha value is -0.120. The van der Waals surface area contributed by atoms with Gasteiger partial charge in [-0.2, -0.15) is 0 Å². The van der Waals surface area contributed by atoms with Crippen LogP contribution in [0.3, 0.4) is 0 Å². The van der Waals surface area contributed by atoms with Crippen molar-refractivity contribution in [3.63, 3.8) is 0 Å². The summed E-state index contributed by atoms with van der Waals surface area (Å²) in [7, 11) is 0. The molecule has 2 aliphatic carbocycles. The lowest BCUT2D eigenvalue weighted by Gasteiger charge is -2.27. The van der Waals surface area contributed by atoms with Gasteiger partial charge < -0.3 is 15.5 Å². The molecule has 0 bridgehead atoms. The van der Waals surface area contributed by atoms with Gasteiger partial charge in [-0.15, -0.1) is 0 Å². The van der Waals surface area contributed by atoms with E-state index in [-0.39, 0.29) is 12.2 Å². The van der Waals surface area contributed by atoms with Gasteiger partial charge in [-0.05, 0) is 57.4 Å². The normalized spacial score (nSPS) is 42.0. The topological polar surface area (TPSA) is 52.5 Å². The molecule has 3 N–H and O–H groups in total. The molecule has 0 heterocycles. The number of rotatable bonds is 3. The van der Waals surface area contributed by atoms with E-state index in [1.54, 1.807) is 0 Å². The second kappa shape index (κ2) is 5.28. The summed E-state index contributed by atoms with van der Waals surface area (Å²) in [6.45, 7) is 1.02. The van der Waals surface area contributed by atoms with Gasteiger partial charge >= 0.3 is 0 Å². The molecule has 0 aliphatic heterocycles. The predicted octanol–water partition coefficient (Wildman–Crippen LogP) is 1.04. The second-order valence-electron chi connectivity index (χ2n) is 5.19. The number of aliphatic hydroxyl groups is 2. The van der Waals surface area contributed by atoms with Crippen molar-refractivity contribution in [2.75, 3.05) is 6.54 Å². The van der Waals surface area contributed by atoms with Crippen LogP contribution >= 0.6 is 0 Å². The zero-order valence-electron chi connectivity index (χ0n) is 9.36. The number of hydrogen-bond donors (Lipinski definition) is 3. The van der Waals surface area contributed by atoms with Gasteiger partial charge in [0.1, 0.15) is 0 Å². The van der Waals surface area contributed by atoms with Crippen LogP contribution in [0.5, 0.6) is 0 Å². The van der Waals surface area contributed by atoms with Gasteiger partial charge in [0.15, 0.2) is 0 Å².